The van der Waals surface area contributed by atoms with Gasteiger partial charge in [-0.05, 0) is 87.0 Å². The van der Waals surface area contributed by atoms with Crippen LogP contribution in [-0.2, 0) is 4.74 Å². The Morgan fingerprint density at radius 2 is 1.67 bits per heavy atom. The highest BCUT2D eigenvalue weighted by molar-refractivity contribution is 6.12. The zero-order valence-electron chi connectivity index (χ0n) is 21.9. The second-order valence-corrected chi connectivity index (χ2v) is 8.82. The summed E-state index contributed by atoms with van der Waals surface area (Å²) in [6, 6.07) is 18.7. The van der Waals surface area contributed by atoms with Gasteiger partial charge in [0, 0.05) is 16.8 Å². The van der Waals surface area contributed by atoms with Crippen LogP contribution in [0.25, 0.3) is 11.3 Å². The number of phenolic OH excluding ortho intramolecular Hbond substituents is 1. The highest BCUT2D eigenvalue weighted by Gasteiger charge is 2.43. The van der Waals surface area contributed by atoms with Crippen molar-refractivity contribution < 1.29 is 28.9 Å². The molecule has 2 heterocycles. The van der Waals surface area contributed by atoms with Gasteiger partial charge in [0.1, 0.15) is 11.4 Å². The molecule has 0 bridgehead atoms. The molecule has 0 fully saturated rings. The Morgan fingerprint density at radius 3 is 2.33 bits per heavy atom. The second kappa shape index (κ2) is 10.9. The van der Waals surface area contributed by atoms with Crippen molar-refractivity contribution in [1.29, 1.82) is 0 Å². The van der Waals surface area contributed by atoms with Crippen LogP contribution in [0.3, 0.4) is 0 Å². The number of nitrogens with one attached hydrogen (secondary N) is 1. The summed E-state index contributed by atoms with van der Waals surface area (Å²) in [6.07, 6.45) is 0. The van der Waals surface area contributed by atoms with Gasteiger partial charge in [-0.2, -0.15) is 5.10 Å². The standard InChI is InChI=1S/C30H29N3O6/c1-4-37-22-14-9-18(10-15-22)26-25-27(32-31-26)29(35)33(21-12-7-19(8-13-21)30(36)39-6-3)28(25)20-11-16-23(34)24(17-20)38-5-2/h7-17,28,34H,4-6H2,1-3H3,(H,31,32)/t28-/m1/s1. The lowest BCUT2D eigenvalue weighted by atomic mass is 9.95. The molecule has 0 aliphatic carbocycles. The van der Waals surface area contributed by atoms with Crippen LogP contribution in [0.15, 0.2) is 66.7 Å². The fraction of sp³-hybridized carbons (Fsp3) is 0.233. The number of benzene rings is 3. The maximum absolute atomic E-state index is 13.8. The number of esters is 1. The van der Waals surface area contributed by atoms with Gasteiger partial charge in [0.05, 0.1) is 37.1 Å². The maximum atomic E-state index is 13.8. The van der Waals surface area contributed by atoms with Crippen LogP contribution in [0.2, 0.25) is 0 Å². The highest BCUT2D eigenvalue weighted by Crippen LogP contribution is 2.46. The van der Waals surface area contributed by atoms with Gasteiger partial charge in [-0.15, -0.1) is 0 Å². The SMILES string of the molecule is CCOC(=O)c1ccc(N2C(=O)c3[nH]nc(-c4ccc(OCC)cc4)c3[C@H]2c2ccc(O)c(OCC)c2)cc1. The van der Waals surface area contributed by atoms with Crippen LogP contribution < -0.4 is 14.4 Å². The molecule has 1 amide bonds. The molecule has 0 radical (unpaired) electrons. The Labute approximate surface area is 225 Å². The number of nitrogens with zero attached hydrogens (tertiary/aromatic N) is 2. The van der Waals surface area contributed by atoms with E-state index in [4.69, 9.17) is 14.2 Å². The Hall–Kier alpha value is -4.79. The number of aromatic nitrogens is 2. The predicted octanol–water partition coefficient (Wildman–Crippen LogP) is 5.51. The molecule has 2 N–H and O–H groups in total. The van der Waals surface area contributed by atoms with E-state index in [9.17, 15) is 14.7 Å². The number of hydrogen-bond acceptors (Lipinski definition) is 7. The topological polar surface area (TPSA) is 114 Å². The minimum Gasteiger partial charge on any atom is -0.504 e. The van der Waals surface area contributed by atoms with Gasteiger partial charge in [-0.25, -0.2) is 4.79 Å². The zero-order valence-corrected chi connectivity index (χ0v) is 21.9. The Kier molecular flexibility index (Phi) is 7.23. The molecule has 3 aromatic carbocycles. The molecule has 4 aromatic rings. The van der Waals surface area contributed by atoms with Gasteiger partial charge in [0.15, 0.2) is 11.5 Å². The molecular formula is C30H29N3O6. The first-order chi connectivity index (χ1) is 19.0. The number of amides is 1. The first kappa shape index (κ1) is 25.8. The van der Waals surface area contributed by atoms with Crippen LogP contribution in [0, 0.1) is 0 Å². The number of H-pyrrole nitrogens is 1. The summed E-state index contributed by atoms with van der Waals surface area (Å²) in [7, 11) is 0. The molecule has 0 spiro atoms. The van der Waals surface area contributed by atoms with Crippen molar-refractivity contribution in [1.82, 2.24) is 10.2 Å². The molecule has 1 aliphatic rings. The van der Waals surface area contributed by atoms with Crippen molar-refractivity contribution in [3.8, 4) is 28.5 Å². The number of carbonyl (C=O) groups excluding carboxylic acids is 2. The molecule has 200 valence electrons. The van der Waals surface area contributed by atoms with Crippen molar-refractivity contribution in [2.75, 3.05) is 24.7 Å². The molecule has 1 aliphatic heterocycles. The smallest absolute Gasteiger partial charge is 0.338 e. The summed E-state index contributed by atoms with van der Waals surface area (Å²) >= 11 is 0. The third-order valence-electron chi connectivity index (χ3n) is 6.46. The molecule has 1 atom stereocenters. The summed E-state index contributed by atoms with van der Waals surface area (Å²) in [5.74, 6) is 0.369. The van der Waals surface area contributed by atoms with Crippen molar-refractivity contribution in [2.45, 2.75) is 26.8 Å². The normalized spacial score (nSPS) is 14.3. The summed E-state index contributed by atoms with van der Waals surface area (Å²) in [5, 5.41) is 17.8. The molecule has 5 rings (SSSR count). The van der Waals surface area contributed by atoms with Gasteiger partial charge in [0.2, 0.25) is 0 Å². The quantitative estimate of drug-likeness (QED) is 0.276. The molecule has 0 saturated carbocycles. The Morgan fingerprint density at radius 1 is 0.949 bits per heavy atom. The van der Waals surface area contributed by atoms with Crippen LogP contribution in [-0.4, -0.2) is 47.0 Å². The first-order valence-corrected chi connectivity index (χ1v) is 12.8. The fourth-order valence-corrected chi connectivity index (χ4v) is 4.77. The molecule has 1 aromatic heterocycles. The van der Waals surface area contributed by atoms with Crippen LogP contribution in [0.1, 0.15) is 58.8 Å². The van der Waals surface area contributed by atoms with E-state index in [2.05, 4.69) is 10.2 Å². The lowest BCUT2D eigenvalue weighted by molar-refractivity contribution is 0.0526. The molecule has 0 unspecified atom stereocenters. The number of hydrogen-bond donors (Lipinski definition) is 2. The van der Waals surface area contributed by atoms with Gasteiger partial charge in [-0.3, -0.25) is 14.8 Å². The van der Waals surface area contributed by atoms with E-state index < -0.39 is 12.0 Å². The van der Waals surface area contributed by atoms with E-state index in [0.29, 0.717) is 47.2 Å². The largest absolute Gasteiger partial charge is 0.504 e. The van der Waals surface area contributed by atoms with E-state index in [0.717, 1.165) is 16.9 Å². The Bertz CT molecular complexity index is 1490. The van der Waals surface area contributed by atoms with Crippen molar-refractivity contribution >= 4 is 17.6 Å². The number of aromatic hydroxyl groups is 1. The minimum absolute atomic E-state index is 0.00872. The second-order valence-electron chi connectivity index (χ2n) is 8.82. The van der Waals surface area contributed by atoms with Gasteiger partial charge >= 0.3 is 5.97 Å². The van der Waals surface area contributed by atoms with Crippen molar-refractivity contribution in [3.05, 3.63) is 89.1 Å². The lowest BCUT2D eigenvalue weighted by Gasteiger charge is -2.27. The predicted molar refractivity (Wildman–Crippen MR) is 146 cm³/mol. The summed E-state index contributed by atoms with van der Waals surface area (Å²) in [5.41, 5.74) is 4.22. The number of phenols is 1. The number of ether oxygens (including phenoxy) is 3. The lowest BCUT2D eigenvalue weighted by Crippen LogP contribution is -2.29. The van der Waals surface area contributed by atoms with Gasteiger partial charge in [0.25, 0.3) is 5.91 Å². The van der Waals surface area contributed by atoms with E-state index >= 15 is 0 Å². The number of anilines is 1. The number of aromatic amines is 1. The number of rotatable bonds is 9. The Balaban J connectivity index is 1.63. The monoisotopic (exact) mass is 527 g/mol. The molecule has 0 saturated heterocycles. The van der Waals surface area contributed by atoms with Crippen LogP contribution in [0.4, 0.5) is 5.69 Å². The van der Waals surface area contributed by atoms with E-state index in [1.807, 2.05) is 38.1 Å². The van der Waals surface area contributed by atoms with Crippen LogP contribution >= 0.6 is 0 Å². The number of fused-ring (bicyclic) bond motifs is 1. The minimum atomic E-state index is -0.582. The van der Waals surface area contributed by atoms with Gasteiger partial charge < -0.3 is 19.3 Å². The van der Waals surface area contributed by atoms with E-state index in [1.54, 1.807) is 54.3 Å². The summed E-state index contributed by atoms with van der Waals surface area (Å²) < 4.78 is 16.3. The third-order valence-corrected chi connectivity index (χ3v) is 6.46. The fourth-order valence-electron chi connectivity index (χ4n) is 4.77. The summed E-state index contributed by atoms with van der Waals surface area (Å²) in [4.78, 5) is 27.7. The molecule has 9 nitrogen and oxygen atoms in total. The molecular weight excluding hydrogens is 498 g/mol. The molecule has 39 heavy (non-hydrogen) atoms. The van der Waals surface area contributed by atoms with Gasteiger partial charge in [-0.1, -0.05) is 6.07 Å². The molecule has 9 heteroatoms. The zero-order chi connectivity index (χ0) is 27.5. The van der Waals surface area contributed by atoms with E-state index in [-0.39, 0.29) is 18.3 Å². The van der Waals surface area contributed by atoms with Crippen molar-refractivity contribution in [3.63, 3.8) is 0 Å². The van der Waals surface area contributed by atoms with Crippen molar-refractivity contribution in [2.24, 2.45) is 0 Å². The average molecular weight is 528 g/mol. The average Bonchev–Trinajstić information content (AvgIpc) is 3.50. The number of carbonyl (C=O) groups is 2. The summed E-state index contributed by atoms with van der Waals surface area (Å²) in [6.45, 7) is 6.70. The first-order valence-electron chi connectivity index (χ1n) is 12.8. The van der Waals surface area contributed by atoms with E-state index in [1.165, 1.54) is 0 Å². The van der Waals surface area contributed by atoms with Crippen LogP contribution in [0.5, 0.6) is 17.2 Å². The maximum Gasteiger partial charge on any atom is 0.338 e. The highest BCUT2D eigenvalue weighted by atomic mass is 16.5. The third kappa shape index (κ3) is 4.79.